The first-order valence-corrected chi connectivity index (χ1v) is 4.87. The molecule has 0 unspecified atom stereocenters. The van der Waals surface area contributed by atoms with E-state index in [1.807, 2.05) is 5.32 Å². The molecule has 0 fully saturated rings. The Kier molecular flexibility index (Phi) is 3.67. The Morgan fingerprint density at radius 3 is 2.56 bits per heavy atom. The lowest BCUT2D eigenvalue weighted by Gasteiger charge is -2.03. The number of carboxylic acids is 1. The molecular formula is C8H8BrN3O4. The van der Waals surface area contributed by atoms with Crippen LogP contribution in [0, 0.1) is 0 Å². The minimum absolute atomic E-state index is 0.0405. The molecule has 0 bridgehead atoms. The third-order valence-corrected chi connectivity index (χ3v) is 2.35. The zero-order valence-electron chi connectivity index (χ0n) is 7.94. The summed E-state index contributed by atoms with van der Waals surface area (Å²) in [5, 5.41) is 10.6. The van der Waals surface area contributed by atoms with Gasteiger partial charge in [0.15, 0.2) is 0 Å². The lowest BCUT2D eigenvalue weighted by molar-refractivity contribution is -0.120. The number of aromatic nitrogens is 1. The molecule has 1 rings (SSSR count). The maximum absolute atomic E-state index is 11.2. The number of rotatable bonds is 3. The molecular weight excluding hydrogens is 282 g/mol. The minimum Gasteiger partial charge on any atom is -0.478 e. The maximum atomic E-state index is 11.2. The van der Waals surface area contributed by atoms with Gasteiger partial charge in [0.2, 0.25) is 5.91 Å². The van der Waals surface area contributed by atoms with Crippen molar-refractivity contribution in [2.75, 3.05) is 0 Å². The highest BCUT2D eigenvalue weighted by molar-refractivity contribution is 9.10. The first-order valence-electron chi connectivity index (χ1n) is 4.08. The number of hydrogen-bond acceptors (Lipinski definition) is 3. The van der Waals surface area contributed by atoms with Crippen molar-refractivity contribution in [3.05, 3.63) is 22.4 Å². The van der Waals surface area contributed by atoms with E-state index in [1.54, 1.807) is 0 Å². The summed E-state index contributed by atoms with van der Waals surface area (Å²) in [7, 11) is 0. The molecule has 7 nitrogen and oxygen atoms in total. The number of carboxylic acid groups (broad SMARTS) is 1. The third-order valence-electron chi connectivity index (χ3n) is 1.67. The highest BCUT2D eigenvalue weighted by Gasteiger charge is 2.12. The van der Waals surface area contributed by atoms with Gasteiger partial charge in [-0.1, -0.05) is 0 Å². The summed E-state index contributed by atoms with van der Waals surface area (Å²) in [6.45, 7) is -0.198. The molecule has 0 spiro atoms. The van der Waals surface area contributed by atoms with E-state index in [0.29, 0.717) is 4.60 Å². The number of imide groups is 1. The number of primary amides is 1. The standard InChI is InChI=1S/C8H8BrN3O4/c9-5-1-4(7(14)15)2-12(5)3-6(13)11-8(10)16/h1-2H,3H2,(H,14,15)(H3,10,11,13,16). The topological polar surface area (TPSA) is 114 Å². The van der Waals surface area contributed by atoms with Gasteiger partial charge < -0.3 is 15.4 Å². The molecule has 0 saturated carbocycles. The molecule has 0 aliphatic rings. The maximum Gasteiger partial charge on any atom is 0.337 e. The van der Waals surface area contributed by atoms with Gasteiger partial charge in [-0.05, 0) is 22.0 Å². The van der Waals surface area contributed by atoms with Crippen molar-refractivity contribution in [2.45, 2.75) is 6.54 Å². The molecule has 3 amide bonds. The number of carbonyl (C=O) groups excluding carboxylic acids is 2. The molecule has 4 N–H and O–H groups in total. The van der Waals surface area contributed by atoms with Crippen molar-refractivity contribution < 1.29 is 19.5 Å². The number of nitrogens with one attached hydrogen (secondary N) is 1. The summed E-state index contributed by atoms with van der Waals surface area (Å²) in [5.74, 6) is -1.73. The van der Waals surface area contributed by atoms with Crippen LogP contribution >= 0.6 is 15.9 Å². The van der Waals surface area contributed by atoms with Crippen molar-refractivity contribution in [1.29, 1.82) is 0 Å². The number of halogens is 1. The number of urea groups is 1. The van der Waals surface area contributed by atoms with Crippen molar-refractivity contribution in [3.63, 3.8) is 0 Å². The van der Waals surface area contributed by atoms with Crippen molar-refractivity contribution >= 4 is 33.8 Å². The van der Waals surface area contributed by atoms with E-state index in [2.05, 4.69) is 15.9 Å². The van der Waals surface area contributed by atoms with Gasteiger partial charge in [-0.25, -0.2) is 9.59 Å². The smallest absolute Gasteiger partial charge is 0.337 e. The molecule has 0 aromatic carbocycles. The number of carbonyl (C=O) groups is 3. The van der Waals surface area contributed by atoms with Crippen molar-refractivity contribution in [1.82, 2.24) is 9.88 Å². The quantitative estimate of drug-likeness (QED) is 0.734. The van der Waals surface area contributed by atoms with Gasteiger partial charge in [0.25, 0.3) is 0 Å². The number of nitrogens with zero attached hydrogens (tertiary/aromatic N) is 1. The highest BCUT2D eigenvalue weighted by atomic mass is 79.9. The molecule has 1 aromatic heterocycles. The van der Waals surface area contributed by atoms with E-state index in [9.17, 15) is 14.4 Å². The van der Waals surface area contributed by atoms with Crippen molar-refractivity contribution in [3.8, 4) is 0 Å². The molecule has 16 heavy (non-hydrogen) atoms. The zero-order valence-corrected chi connectivity index (χ0v) is 9.52. The number of nitrogens with two attached hydrogens (primary N) is 1. The second kappa shape index (κ2) is 4.79. The molecule has 0 aliphatic carbocycles. The molecule has 1 aromatic rings. The summed E-state index contributed by atoms with van der Waals surface area (Å²) < 4.78 is 1.76. The minimum atomic E-state index is -1.10. The van der Waals surface area contributed by atoms with Gasteiger partial charge in [-0.3, -0.25) is 10.1 Å². The van der Waals surface area contributed by atoms with Gasteiger partial charge in [0, 0.05) is 6.20 Å². The predicted octanol–water partition coefficient (Wildman–Crippen LogP) is 0.144. The molecule has 86 valence electrons. The Hall–Kier alpha value is -1.83. The Morgan fingerprint density at radius 2 is 2.12 bits per heavy atom. The zero-order chi connectivity index (χ0) is 12.3. The van der Waals surface area contributed by atoms with Crippen LogP contribution in [0.1, 0.15) is 10.4 Å². The van der Waals surface area contributed by atoms with Gasteiger partial charge in [0.05, 0.1) is 10.2 Å². The van der Waals surface area contributed by atoms with E-state index >= 15 is 0 Å². The van der Waals surface area contributed by atoms with E-state index in [4.69, 9.17) is 10.8 Å². The van der Waals surface area contributed by atoms with E-state index in [-0.39, 0.29) is 12.1 Å². The molecule has 0 aliphatic heterocycles. The van der Waals surface area contributed by atoms with Crippen LogP contribution < -0.4 is 11.1 Å². The summed E-state index contributed by atoms with van der Waals surface area (Å²) >= 11 is 3.08. The fraction of sp³-hybridized carbons (Fsp3) is 0.125. The van der Waals surface area contributed by atoms with E-state index < -0.39 is 17.9 Å². The summed E-state index contributed by atoms with van der Waals surface area (Å²) in [6, 6.07) is 0.395. The monoisotopic (exact) mass is 289 g/mol. The first kappa shape index (κ1) is 12.2. The Labute approximate surface area is 98.3 Å². The van der Waals surface area contributed by atoms with Crippen LogP contribution in [-0.4, -0.2) is 27.6 Å². The van der Waals surface area contributed by atoms with Crippen LogP contribution in [-0.2, 0) is 11.3 Å². The molecule has 1 heterocycles. The molecule has 0 atom stereocenters. The van der Waals surface area contributed by atoms with Crippen LogP contribution in [0.15, 0.2) is 16.9 Å². The molecule has 0 saturated heterocycles. The SMILES string of the molecule is NC(=O)NC(=O)Cn1cc(C(=O)O)cc1Br. The molecule has 8 heteroatoms. The summed E-state index contributed by atoms with van der Waals surface area (Å²) in [5.41, 5.74) is 4.79. The number of amides is 3. The van der Waals surface area contributed by atoms with Gasteiger partial charge >= 0.3 is 12.0 Å². The Bertz CT molecular complexity index is 454. The van der Waals surface area contributed by atoms with E-state index in [1.165, 1.54) is 16.8 Å². The third kappa shape index (κ3) is 3.09. The summed E-state index contributed by atoms with van der Waals surface area (Å²) in [6.07, 6.45) is 1.27. The fourth-order valence-electron chi connectivity index (χ4n) is 1.05. The van der Waals surface area contributed by atoms with Crippen LogP contribution in [0.3, 0.4) is 0 Å². The summed E-state index contributed by atoms with van der Waals surface area (Å²) in [4.78, 5) is 32.1. The van der Waals surface area contributed by atoms with E-state index in [0.717, 1.165) is 0 Å². The number of aromatic carboxylic acids is 1. The van der Waals surface area contributed by atoms with Crippen LogP contribution in [0.25, 0.3) is 0 Å². The number of hydrogen-bond donors (Lipinski definition) is 3. The normalized spacial score (nSPS) is 9.81. The predicted molar refractivity (Wildman–Crippen MR) is 56.8 cm³/mol. The fourth-order valence-corrected chi connectivity index (χ4v) is 1.52. The Morgan fingerprint density at radius 1 is 1.50 bits per heavy atom. The van der Waals surface area contributed by atoms with Crippen LogP contribution in [0.2, 0.25) is 0 Å². The first-order chi connectivity index (χ1) is 7.40. The highest BCUT2D eigenvalue weighted by Crippen LogP contribution is 2.15. The van der Waals surface area contributed by atoms with Gasteiger partial charge in [-0.2, -0.15) is 0 Å². The van der Waals surface area contributed by atoms with Crippen LogP contribution in [0.4, 0.5) is 4.79 Å². The molecule has 0 radical (unpaired) electrons. The van der Waals surface area contributed by atoms with Gasteiger partial charge in [-0.15, -0.1) is 0 Å². The van der Waals surface area contributed by atoms with Gasteiger partial charge in [0.1, 0.15) is 6.54 Å². The van der Waals surface area contributed by atoms with Crippen molar-refractivity contribution in [2.24, 2.45) is 5.73 Å². The van der Waals surface area contributed by atoms with Crippen LogP contribution in [0.5, 0.6) is 0 Å². The lowest BCUT2D eigenvalue weighted by Crippen LogP contribution is -2.37. The average molecular weight is 290 g/mol. The average Bonchev–Trinajstić information content (AvgIpc) is 2.46. The lowest BCUT2D eigenvalue weighted by atomic mass is 10.4. The second-order valence-corrected chi connectivity index (χ2v) is 3.71. The Balaban J connectivity index is 2.77. The largest absolute Gasteiger partial charge is 0.478 e. The second-order valence-electron chi connectivity index (χ2n) is 2.90.